The summed E-state index contributed by atoms with van der Waals surface area (Å²) in [4.78, 5) is 10.9. The highest BCUT2D eigenvalue weighted by molar-refractivity contribution is 5.90. The minimum atomic E-state index is -0.978. The molecule has 0 bridgehead atoms. The number of nitrogens with one attached hydrogen (secondary N) is 1. The number of rotatable bonds is 9. The maximum Gasteiger partial charge on any atom is 0.339 e. The molecule has 1 rings (SSSR count). The average Bonchev–Trinajstić information content (AvgIpc) is 2.37. The number of aromatic carboxylic acids is 1. The largest absolute Gasteiger partial charge is 0.491 e. The predicted octanol–water partition coefficient (Wildman–Crippen LogP) is 1.78. The van der Waals surface area contributed by atoms with Crippen molar-refractivity contribution in [2.75, 3.05) is 26.3 Å². The molecule has 0 heterocycles. The van der Waals surface area contributed by atoms with Gasteiger partial charge >= 0.3 is 5.97 Å². The van der Waals surface area contributed by atoms with E-state index in [1.807, 2.05) is 13.8 Å². The third-order valence-electron chi connectivity index (χ3n) is 2.38. The summed E-state index contributed by atoms with van der Waals surface area (Å²) in [7, 11) is 0. The Bertz CT molecular complexity index is 393. The van der Waals surface area contributed by atoms with Crippen molar-refractivity contribution in [3.8, 4) is 5.75 Å². The topological polar surface area (TPSA) is 67.8 Å². The standard InChI is InChI=1S/C14H21NO4/c1-11(2)18-9-7-15-8-10-19-13-6-4-3-5-12(13)14(16)17/h3-6,11,15H,7-10H2,1-2H3,(H,16,17). The molecule has 0 radical (unpaired) electrons. The van der Waals surface area contributed by atoms with Crippen molar-refractivity contribution < 1.29 is 19.4 Å². The Morgan fingerprint density at radius 2 is 1.95 bits per heavy atom. The Labute approximate surface area is 113 Å². The van der Waals surface area contributed by atoms with E-state index in [4.69, 9.17) is 14.6 Å². The third kappa shape index (κ3) is 6.22. The lowest BCUT2D eigenvalue weighted by molar-refractivity contribution is 0.0692. The fraction of sp³-hybridized carbons (Fsp3) is 0.500. The third-order valence-corrected chi connectivity index (χ3v) is 2.38. The first-order chi connectivity index (χ1) is 9.11. The van der Waals surface area contributed by atoms with Crippen LogP contribution in [-0.2, 0) is 4.74 Å². The van der Waals surface area contributed by atoms with Gasteiger partial charge in [0, 0.05) is 13.1 Å². The Morgan fingerprint density at radius 3 is 2.63 bits per heavy atom. The van der Waals surface area contributed by atoms with Gasteiger partial charge < -0.3 is 19.9 Å². The van der Waals surface area contributed by atoms with Gasteiger partial charge in [0.1, 0.15) is 17.9 Å². The molecule has 5 nitrogen and oxygen atoms in total. The molecule has 1 aromatic rings. The number of carboxylic acids is 1. The van der Waals surface area contributed by atoms with Gasteiger partial charge in [-0.3, -0.25) is 0 Å². The maximum atomic E-state index is 10.9. The molecule has 0 aliphatic carbocycles. The van der Waals surface area contributed by atoms with E-state index in [0.717, 1.165) is 6.54 Å². The van der Waals surface area contributed by atoms with Gasteiger partial charge in [-0.05, 0) is 26.0 Å². The van der Waals surface area contributed by atoms with E-state index in [9.17, 15) is 4.79 Å². The molecule has 106 valence electrons. The van der Waals surface area contributed by atoms with E-state index in [-0.39, 0.29) is 11.7 Å². The molecule has 0 saturated heterocycles. The van der Waals surface area contributed by atoms with Gasteiger partial charge in [0.15, 0.2) is 0 Å². The van der Waals surface area contributed by atoms with Crippen molar-refractivity contribution in [2.45, 2.75) is 20.0 Å². The van der Waals surface area contributed by atoms with Crippen LogP contribution in [0.1, 0.15) is 24.2 Å². The molecular formula is C14H21NO4. The lowest BCUT2D eigenvalue weighted by Crippen LogP contribution is -2.26. The quantitative estimate of drug-likeness (QED) is 0.667. The number of carboxylic acid groups (broad SMARTS) is 1. The van der Waals surface area contributed by atoms with Crippen LogP contribution in [0.4, 0.5) is 0 Å². The van der Waals surface area contributed by atoms with Gasteiger partial charge in [-0.1, -0.05) is 12.1 Å². The zero-order valence-electron chi connectivity index (χ0n) is 11.4. The van der Waals surface area contributed by atoms with Crippen molar-refractivity contribution in [3.05, 3.63) is 29.8 Å². The van der Waals surface area contributed by atoms with Crippen molar-refractivity contribution in [1.29, 1.82) is 0 Å². The van der Waals surface area contributed by atoms with Crippen LogP contribution in [0, 0.1) is 0 Å². The van der Waals surface area contributed by atoms with Crippen molar-refractivity contribution in [3.63, 3.8) is 0 Å². The summed E-state index contributed by atoms with van der Waals surface area (Å²) in [6.45, 7) is 6.46. The second-order valence-corrected chi connectivity index (χ2v) is 4.32. The molecule has 0 unspecified atom stereocenters. The zero-order valence-corrected chi connectivity index (χ0v) is 11.4. The SMILES string of the molecule is CC(C)OCCNCCOc1ccccc1C(=O)O. The molecule has 5 heteroatoms. The zero-order chi connectivity index (χ0) is 14.1. The molecule has 0 saturated carbocycles. The maximum absolute atomic E-state index is 10.9. The molecule has 0 aliphatic heterocycles. The highest BCUT2D eigenvalue weighted by Gasteiger charge is 2.09. The Balaban J connectivity index is 2.21. The lowest BCUT2D eigenvalue weighted by Gasteiger charge is -2.10. The van der Waals surface area contributed by atoms with Gasteiger partial charge in [-0.2, -0.15) is 0 Å². The van der Waals surface area contributed by atoms with Crippen LogP contribution in [0.5, 0.6) is 5.75 Å². The normalized spacial score (nSPS) is 10.7. The first-order valence-corrected chi connectivity index (χ1v) is 6.38. The van der Waals surface area contributed by atoms with Crippen LogP contribution >= 0.6 is 0 Å². The Morgan fingerprint density at radius 1 is 1.26 bits per heavy atom. The highest BCUT2D eigenvalue weighted by atomic mass is 16.5. The van der Waals surface area contributed by atoms with Crippen LogP contribution in [0.15, 0.2) is 24.3 Å². The van der Waals surface area contributed by atoms with E-state index >= 15 is 0 Å². The molecule has 0 spiro atoms. The molecule has 1 aromatic carbocycles. The monoisotopic (exact) mass is 267 g/mol. The first-order valence-electron chi connectivity index (χ1n) is 6.38. The van der Waals surface area contributed by atoms with Gasteiger partial charge in [0.25, 0.3) is 0 Å². The Hall–Kier alpha value is -1.59. The second-order valence-electron chi connectivity index (χ2n) is 4.32. The average molecular weight is 267 g/mol. The smallest absolute Gasteiger partial charge is 0.339 e. The number of benzene rings is 1. The van der Waals surface area contributed by atoms with E-state index in [0.29, 0.717) is 25.5 Å². The van der Waals surface area contributed by atoms with Gasteiger partial charge in [0.2, 0.25) is 0 Å². The molecule has 0 aliphatic rings. The highest BCUT2D eigenvalue weighted by Crippen LogP contribution is 2.17. The summed E-state index contributed by atoms with van der Waals surface area (Å²) in [5, 5.41) is 12.1. The van der Waals surface area contributed by atoms with Crippen LogP contribution < -0.4 is 10.1 Å². The number of para-hydroxylation sites is 1. The van der Waals surface area contributed by atoms with Crippen LogP contribution in [0.3, 0.4) is 0 Å². The summed E-state index contributed by atoms with van der Waals surface area (Å²) in [5.74, 6) is -0.580. The van der Waals surface area contributed by atoms with Crippen molar-refractivity contribution in [1.82, 2.24) is 5.32 Å². The summed E-state index contributed by atoms with van der Waals surface area (Å²) < 4.78 is 10.8. The fourth-order valence-electron chi connectivity index (χ4n) is 1.49. The minimum absolute atomic E-state index is 0.186. The van der Waals surface area contributed by atoms with Gasteiger partial charge in [-0.15, -0.1) is 0 Å². The van der Waals surface area contributed by atoms with E-state index in [2.05, 4.69) is 5.32 Å². The Kier molecular flexibility index (Phi) is 6.92. The summed E-state index contributed by atoms with van der Waals surface area (Å²) in [6.07, 6.45) is 0.237. The van der Waals surface area contributed by atoms with E-state index < -0.39 is 5.97 Å². The van der Waals surface area contributed by atoms with E-state index in [1.54, 1.807) is 18.2 Å². The fourth-order valence-corrected chi connectivity index (χ4v) is 1.49. The molecule has 0 fully saturated rings. The van der Waals surface area contributed by atoms with Crippen LogP contribution in [0.25, 0.3) is 0 Å². The van der Waals surface area contributed by atoms with Crippen molar-refractivity contribution in [2.24, 2.45) is 0 Å². The van der Waals surface area contributed by atoms with Gasteiger partial charge in [-0.25, -0.2) is 4.79 Å². The molecular weight excluding hydrogens is 246 g/mol. The molecule has 19 heavy (non-hydrogen) atoms. The van der Waals surface area contributed by atoms with Crippen LogP contribution in [0.2, 0.25) is 0 Å². The molecule has 0 amide bonds. The second kappa shape index (κ2) is 8.50. The number of carbonyl (C=O) groups is 1. The van der Waals surface area contributed by atoms with Crippen molar-refractivity contribution >= 4 is 5.97 Å². The summed E-state index contributed by atoms with van der Waals surface area (Å²) in [6, 6.07) is 6.62. The van der Waals surface area contributed by atoms with Gasteiger partial charge in [0.05, 0.1) is 12.7 Å². The predicted molar refractivity (Wildman–Crippen MR) is 72.9 cm³/mol. The summed E-state index contributed by atoms with van der Waals surface area (Å²) in [5.41, 5.74) is 0.186. The number of hydrogen-bond donors (Lipinski definition) is 2. The first kappa shape index (κ1) is 15.5. The molecule has 2 N–H and O–H groups in total. The number of hydrogen-bond acceptors (Lipinski definition) is 4. The van der Waals surface area contributed by atoms with Crippen LogP contribution in [-0.4, -0.2) is 43.5 Å². The lowest BCUT2D eigenvalue weighted by atomic mass is 10.2. The van der Waals surface area contributed by atoms with E-state index in [1.165, 1.54) is 6.07 Å². The molecule has 0 atom stereocenters. The number of ether oxygens (including phenoxy) is 2. The minimum Gasteiger partial charge on any atom is -0.491 e. The summed E-state index contributed by atoms with van der Waals surface area (Å²) >= 11 is 0. The molecule has 0 aromatic heterocycles.